The van der Waals surface area contributed by atoms with E-state index >= 15 is 0 Å². The van der Waals surface area contributed by atoms with Crippen molar-refractivity contribution >= 4 is 75.3 Å². The lowest BCUT2D eigenvalue weighted by atomic mass is 10.0. The second kappa shape index (κ2) is 12.6. The van der Waals surface area contributed by atoms with E-state index in [2.05, 4.69) is 173 Å². The SMILES string of the molecule is c1ccc(-c2cc(-c3ccccc3)nc(-n3c4ccccc4c4cc(-c5ccc6c7ccccc7n(-c7ccc8sc9cccnc9c8c7)c6c5)ccc43)n2)cc1. The molecule has 5 aromatic heterocycles. The summed E-state index contributed by atoms with van der Waals surface area (Å²) >= 11 is 1.79. The predicted octanol–water partition coefficient (Wildman–Crippen LogP) is 13.4. The molecular weight excluding hydrogens is 715 g/mol. The van der Waals surface area contributed by atoms with Gasteiger partial charge in [-0.25, -0.2) is 9.97 Å². The Morgan fingerprint density at radius 2 is 0.982 bits per heavy atom. The van der Waals surface area contributed by atoms with Gasteiger partial charge >= 0.3 is 0 Å². The summed E-state index contributed by atoms with van der Waals surface area (Å²) in [5.74, 6) is 0.644. The number of thiophene rings is 1. The zero-order valence-electron chi connectivity index (χ0n) is 30.5. The standard InChI is InChI=1S/C51H31N5S/c1-3-12-32(13-4-1)42-31-43(33-14-5-2-6-15-33)54-51(53-42)56-45-19-10-8-17-38(45)40-28-34(22-25-46(40)56)35-21-24-39-37-16-7-9-18-44(37)55(47(39)29-35)36-23-26-48-41(30-36)50-49(57-48)20-11-27-52-50/h1-31H. The predicted molar refractivity (Wildman–Crippen MR) is 238 cm³/mol. The van der Waals surface area contributed by atoms with Crippen LogP contribution in [-0.2, 0) is 0 Å². The highest BCUT2D eigenvalue weighted by molar-refractivity contribution is 7.25. The first-order valence-electron chi connectivity index (χ1n) is 19.1. The summed E-state index contributed by atoms with van der Waals surface area (Å²) in [6.45, 7) is 0. The number of nitrogens with zero attached hydrogens (tertiary/aromatic N) is 5. The second-order valence-electron chi connectivity index (χ2n) is 14.5. The van der Waals surface area contributed by atoms with E-state index in [1.807, 2.05) is 24.4 Å². The molecule has 0 amide bonds. The number of para-hydroxylation sites is 2. The Labute approximate surface area is 331 Å². The van der Waals surface area contributed by atoms with Crippen LogP contribution in [0, 0.1) is 0 Å². The molecule has 5 heterocycles. The maximum absolute atomic E-state index is 5.22. The summed E-state index contributed by atoms with van der Waals surface area (Å²) in [4.78, 5) is 15.2. The first-order valence-corrected chi connectivity index (χ1v) is 19.9. The highest BCUT2D eigenvalue weighted by Gasteiger charge is 2.19. The first kappa shape index (κ1) is 31.9. The highest BCUT2D eigenvalue weighted by atomic mass is 32.1. The van der Waals surface area contributed by atoms with E-state index in [0.717, 1.165) is 66.7 Å². The molecular formula is C51H31N5S. The lowest BCUT2D eigenvalue weighted by molar-refractivity contribution is 0.995. The largest absolute Gasteiger partial charge is 0.309 e. The van der Waals surface area contributed by atoms with E-state index in [0.29, 0.717) is 5.95 Å². The van der Waals surface area contributed by atoms with Crippen LogP contribution in [0.4, 0.5) is 0 Å². The van der Waals surface area contributed by atoms with Crippen molar-refractivity contribution in [2.75, 3.05) is 0 Å². The summed E-state index contributed by atoms with van der Waals surface area (Å²) in [5.41, 5.74) is 12.8. The molecule has 0 saturated carbocycles. The average Bonchev–Trinajstić information content (AvgIpc) is 3.94. The maximum atomic E-state index is 5.22. The van der Waals surface area contributed by atoms with E-state index in [-0.39, 0.29) is 0 Å². The van der Waals surface area contributed by atoms with Crippen LogP contribution in [-0.4, -0.2) is 24.1 Å². The number of benzene rings is 7. The molecule has 0 spiro atoms. The highest BCUT2D eigenvalue weighted by Crippen LogP contribution is 2.40. The van der Waals surface area contributed by atoms with Crippen LogP contribution in [0.2, 0.25) is 0 Å². The third-order valence-electron chi connectivity index (χ3n) is 11.2. The van der Waals surface area contributed by atoms with Crippen molar-refractivity contribution in [2.45, 2.75) is 0 Å². The lowest BCUT2D eigenvalue weighted by Crippen LogP contribution is -2.03. The van der Waals surface area contributed by atoms with Gasteiger partial charge in [-0.2, -0.15) is 0 Å². The van der Waals surface area contributed by atoms with Crippen LogP contribution in [0.3, 0.4) is 0 Å². The van der Waals surface area contributed by atoms with Crippen molar-refractivity contribution in [1.82, 2.24) is 24.1 Å². The number of fused-ring (bicyclic) bond motifs is 9. The minimum Gasteiger partial charge on any atom is -0.309 e. The van der Waals surface area contributed by atoms with Gasteiger partial charge in [0.15, 0.2) is 0 Å². The summed E-state index contributed by atoms with van der Waals surface area (Å²) < 4.78 is 7.08. The Balaban J connectivity index is 1.05. The van der Waals surface area contributed by atoms with Gasteiger partial charge < -0.3 is 4.57 Å². The van der Waals surface area contributed by atoms with Crippen molar-refractivity contribution in [3.63, 3.8) is 0 Å². The second-order valence-corrected chi connectivity index (χ2v) is 15.6. The van der Waals surface area contributed by atoms with E-state index in [1.165, 1.54) is 36.6 Å². The van der Waals surface area contributed by atoms with Gasteiger partial charge in [-0.3, -0.25) is 9.55 Å². The van der Waals surface area contributed by atoms with Crippen LogP contribution in [0.1, 0.15) is 0 Å². The molecule has 0 bridgehead atoms. The lowest BCUT2D eigenvalue weighted by Gasteiger charge is -2.12. The summed E-state index contributed by atoms with van der Waals surface area (Å²) in [6.07, 6.45) is 1.89. The van der Waals surface area contributed by atoms with Gasteiger partial charge in [0.05, 0.1) is 43.7 Å². The van der Waals surface area contributed by atoms with Crippen LogP contribution in [0.5, 0.6) is 0 Å². The van der Waals surface area contributed by atoms with Crippen molar-refractivity contribution < 1.29 is 0 Å². The molecule has 0 unspecified atom stereocenters. The Morgan fingerprint density at radius 3 is 1.74 bits per heavy atom. The number of aromatic nitrogens is 5. The number of pyridine rings is 1. The molecule has 266 valence electrons. The molecule has 0 radical (unpaired) electrons. The molecule has 57 heavy (non-hydrogen) atoms. The van der Waals surface area contributed by atoms with E-state index in [4.69, 9.17) is 15.0 Å². The third-order valence-corrected chi connectivity index (χ3v) is 12.3. The van der Waals surface area contributed by atoms with Crippen LogP contribution in [0.15, 0.2) is 188 Å². The van der Waals surface area contributed by atoms with Crippen molar-refractivity contribution in [3.8, 4) is 45.3 Å². The fourth-order valence-corrected chi connectivity index (χ4v) is 9.61. The van der Waals surface area contributed by atoms with Crippen LogP contribution < -0.4 is 0 Å². The summed E-state index contributed by atoms with van der Waals surface area (Å²) in [6, 6.07) is 64.8. The van der Waals surface area contributed by atoms with Crippen molar-refractivity contribution in [2.24, 2.45) is 0 Å². The number of hydrogen-bond acceptors (Lipinski definition) is 4. The van der Waals surface area contributed by atoms with Crippen molar-refractivity contribution in [1.29, 1.82) is 0 Å². The zero-order chi connectivity index (χ0) is 37.5. The van der Waals surface area contributed by atoms with Gasteiger partial charge in [-0.15, -0.1) is 11.3 Å². The van der Waals surface area contributed by atoms with Gasteiger partial charge in [0.1, 0.15) is 0 Å². The topological polar surface area (TPSA) is 48.5 Å². The molecule has 12 aromatic rings. The Hall–Kier alpha value is -7.41. The number of hydrogen-bond donors (Lipinski definition) is 0. The van der Waals surface area contributed by atoms with Crippen molar-refractivity contribution in [3.05, 3.63) is 188 Å². The molecule has 5 nitrogen and oxygen atoms in total. The molecule has 7 aromatic carbocycles. The molecule has 0 fully saturated rings. The van der Waals surface area contributed by atoms with E-state index in [9.17, 15) is 0 Å². The minimum atomic E-state index is 0.644. The van der Waals surface area contributed by atoms with Crippen LogP contribution in [0.25, 0.3) is 109 Å². The Bertz CT molecular complexity index is 3470. The molecule has 12 rings (SSSR count). The molecule has 0 atom stereocenters. The molecule has 0 aliphatic rings. The molecule has 0 aliphatic heterocycles. The third kappa shape index (κ3) is 5.04. The Kier molecular flexibility index (Phi) is 7.03. The maximum Gasteiger partial charge on any atom is 0.235 e. The normalized spacial score (nSPS) is 11.9. The smallest absolute Gasteiger partial charge is 0.235 e. The quantitative estimate of drug-likeness (QED) is 0.176. The summed E-state index contributed by atoms with van der Waals surface area (Å²) in [7, 11) is 0. The van der Waals surface area contributed by atoms with E-state index in [1.54, 1.807) is 11.3 Å². The van der Waals surface area contributed by atoms with Gasteiger partial charge in [0.25, 0.3) is 0 Å². The number of rotatable bonds is 5. The van der Waals surface area contributed by atoms with Gasteiger partial charge in [-0.1, -0.05) is 115 Å². The monoisotopic (exact) mass is 745 g/mol. The zero-order valence-corrected chi connectivity index (χ0v) is 31.4. The molecule has 0 N–H and O–H groups in total. The Morgan fingerprint density at radius 1 is 0.368 bits per heavy atom. The van der Waals surface area contributed by atoms with Gasteiger partial charge in [0, 0.05) is 54.6 Å². The van der Waals surface area contributed by atoms with Crippen LogP contribution >= 0.6 is 11.3 Å². The van der Waals surface area contributed by atoms with Gasteiger partial charge in [0.2, 0.25) is 5.95 Å². The summed E-state index contributed by atoms with van der Waals surface area (Å²) in [5, 5.41) is 5.96. The fourth-order valence-electron chi connectivity index (χ4n) is 8.57. The molecule has 0 aliphatic carbocycles. The first-order chi connectivity index (χ1) is 28.2. The average molecular weight is 746 g/mol. The minimum absolute atomic E-state index is 0.644. The fraction of sp³-hybridized carbons (Fsp3) is 0. The molecule has 0 saturated heterocycles. The van der Waals surface area contributed by atoms with E-state index < -0.39 is 0 Å². The van der Waals surface area contributed by atoms with Gasteiger partial charge in [-0.05, 0) is 77.9 Å². The molecule has 6 heteroatoms.